The molecular weight excluding hydrogens is 381 g/mol. The quantitative estimate of drug-likeness (QED) is 0.702. The largest absolute Gasteiger partial charge is 0.505 e. The van der Waals surface area contributed by atoms with E-state index in [1.165, 1.54) is 36.5 Å². The third-order valence-electron chi connectivity index (χ3n) is 4.85. The van der Waals surface area contributed by atoms with Gasteiger partial charge in [-0.15, -0.1) is 0 Å². The van der Waals surface area contributed by atoms with Gasteiger partial charge < -0.3 is 20.4 Å². The average molecular weight is 401 g/mol. The van der Waals surface area contributed by atoms with Crippen LogP contribution < -0.4 is 5.32 Å². The van der Waals surface area contributed by atoms with Gasteiger partial charge in [0.2, 0.25) is 0 Å². The second kappa shape index (κ2) is 8.68. The highest BCUT2D eigenvalue weighted by molar-refractivity contribution is 5.96. The summed E-state index contributed by atoms with van der Waals surface area (Å²) in [6, 6.07) is 6.87. The summed E-state index contributed by atoms with van der Waals surface area (Å²) in [7, 11) is 0. The Balaban J connectivity index is 1.61. The molecule has 0 atom stereocenters. The Labute approximate surface area is 166 Å². The molecule has 0 bridgehead atoms. The summed E-state index contributed by atoms with van der Waals surface area (Å²) in [6.07, 6.45) is 2.79. The molecule has 2 aromatic rings. The lowest BCUT2D eigenvalue weighted by atomic mass is 9.90. The summed E-state index contributed by atoms with van der Waals surface area (Å²) < 4.78 is 13.0. The molecule has 1 aromatic carbocycles. The van der Waals surface area contributed by atoms with Crippen molar-refractivity contribution in [3.63, 3.8) is 0 Å². The predicted octanol–water partition coefficient (Wildman–Crippen LogP) is 1.76. The van der Waals surface area contributed by atoms with Gasteiger partial charge in [0.1, 0.15) is 18.1 Å². The van der Waals surface area contributed by atoms with E-state index in [1.807, 2.05) is 0 Å². The van der Waals surface area contributed by atoms with Crippen molar-refractivity contribution in [2.24, 2.45) is 0 Å². The maximum Gasteiger partial charge on any atom is 0.322 e. The molecular formula is C20H20FN3O5. The summed E-state index contributed by atoms with van der Waals surface area (Å²) in [5.74, 6) is -2.79. The lowest BCUT2D eigenvalue weighted by Crippen LogP contribution is -2.38. The number of aliphatic carboxylic acids is 1. The van der Waals surface area contributed by atoms with Crippen molar-refractivity contribution >= 4 is 17.8 Å². The van der Waals surface area contributed by atoms with Crippen molar-refractivity contribution in [2.45, 2.75) is 18.8 Å². The van der Waals surface area contributed by atoms with E-state index in [9.17, 15) is 23.9 Å². The maximum atomic E-state index is 13.0. The number of carbonyl (C=O) groups is 3. The number of pyridine rings is 1. The van der Waals surface area contributed by atoms with E-state index < -0.39 is 24.2 Å². The average Bonchev–Trinajstić information content (AvgIpc) is 2.72. The fourth-order valence-corrected chi connectivity index (χ4v) is 3.30. The van der Waals surface area contributed by atoms with E-state index in [0.29, 0.717) is 31.5 Å². The number of halogens is 1. The normalized spacial score (nSPS) is 14.4. The molecule has 29 heavy (non-hydrogen) atoms. The van der Waals surface area contributed by atoms with Crippen molar-refractivity contribution in [3.05, 3.63) is 59.2 Å². The van der Waals surface area contributed by atoms with Crippen LogP contribution in [-0.4, -0.2) is 57.5 Å². The molecule has 0 aliphatic carbocycles. The number of nitrogens with one attached hydrogen (secondary N) is 1. The Kier molecular flexibility index (Phi) is 6.06. The molecule has 0 spiro atoms. The molecule has 3 rings (SSSR count). The van der Waals surface area contributed by atoms with Crippen molar-refractivity contribution in [1.29, 1.82) is 0 Å². The Morgan fingerprint density at radius 3 is 2.41 bits per heavy atom. The first-order chi connectivity index (χ1) is 13.8. The SMILES string of the molecule is O=C(O)CNC(=O)c1ncc(C2CCN(C(=O)c3ccc(F)cc3)CC2)cc1O. The summed E-state index contributed by atoms with van der Waals surface area (Å²) in [4.78, 5) is 40.6. The van der Waals surface area contributed by atoms with E-state index in [0.717, 1.165) is 5.56 Å². The summed E-state index contributed by atoms with van der Waals surface area (Å²) in [5.41, 5.74) is 0.936. The Morgan fingerprint density at radius 1 is 1.17 bits per heavy atom. The molecule has 152 valence electrons. The van der Waals surface area contributed by atoms with Crippen LogP contribution in [0.15, 0.2) is 36.5 Å². The van der Waals surface area contributed by atoms with Crippen molar-refractivity contribution in [3.8, 4) is 5.75 Å². The fourth-order valence-electron chi connectivity index (χ4n) is 3.30. The van der Waals surface area contributed by atoms with E-state index in [2.05, 4.69) is 10.3 Å². The van der Waals surface area contributed by atoms with Gasteiger partial charge in [-0.1, -0.05) is 0 Å². The minimum absolute atomic E-state index is 0.0572. The van der Waals surface area contributed by atoms with Crippen LogP contribution in [-0.2, 0) is 4.79 Å². The molecule has 9 heteroatoms. The number of aromatic nitrogens is 1. The van der Waals surface area contributed by atoms with Gasteiger partial charge in [-0.25, -0.2) is 9.37 Å². The lowest BCUT2D eigenvalue weighted by molar-refractivity contribution is -0.135. The van der Waals surface area contributed by atoms with Gasteiger partial charge >= 0.3 is 5.97 Å². The summed E-state index contributed by atoms with van der Waals surface area (Å²) >= 11 is 0. The number of hydrogen-bond acceptors (Lipinski definition) is 5. The Bertz CT molecular complexity index is 924. The van der Waals surface area contributed by atoms with Crippen LogP contribution >= 0.6 is 0 Å². The molecule has 1 fully saturated rings. The smallest absolute Gasteiger partial charge is 0.322 e. The number of benzene rings is 1. The molecule has 0 radical (unpaired) electrons. The number of carbonyl (C=O) groups excluding carboxylic acids is 2. The third kappa shape index (κ3) is 4.87. The van der Waals surface area contributed by atoms with Crippen LogP contribution in [0.1, 0.15) is 45.2 Å². The topological polar surface area (TPSA) is 120 Å². The van der Waals surface area contributed by atoms with Crippen molar-refractivity contribution in [2.75, 3.05) is 19.6 Å². The molecule has 1 saturated heterocycles. The van der Waals surface area contributed by atoms with Crippen LogP contribution in [0.25, 0.3) is 0 Å². The highest BCUT2D eigenvalue weighted by Crippen LogP contribution is 2.31. The zero-order chi connectivity index (χ0) is 21.0. The highest BCUT2D eigenvalue weighted by atomic mass is 19.1. The van der Waals surface area contributed by atoms with E-state index >= 15 is 0 Å². The molecule has 1 aromatic heterocycles. The number of piperidine rings is 1. The van der Waals surface area contributed by atoms with Crippen molar-refractivity contribution < 1.29 is 29.0 Å². The molecule has 0 saturated carbocycles. The number of rotatable bonds is 5. The van der Waals surface area contributed by atoms with Crippen LogP contribution in [0.5, 0.6) is 5.75 Å². The van der Waals surface area contributed by atoms with Gasteiger partial charge in [0.15, 0.2) is 5.69 Å². The number of amides is 2. The monoisotopic (exact) mass is 401 g/mol. The maximum absolute atomic E-state index is 13.0. The first-order valence-electron chi connectivity index (χ1n) is 9.09. The molecule has 8 nitrogen and oxygen atoms in total. The summed E-state index contributed by atoms with van der Waals surface area (Å²) in [5, 5.41) is 20.8. The number of aromatic hydroxyl groups is 1. The van der Waals surface area contributed by atoms with E-state index in [-0.39, 0.29) is 23.3 Å². The molecule has 3 N–H and O–H groups in total. The first kappa shape index (κ1) is 20.2. The van der Waals surface area contributed by atoms with Gasteiger partial charge in [0, 0.05) is 24.8 Å². The third-order valence-corrected chi connectivity index (χ3v) is 4.85. The molecule has 2 heterocycles. The van der Waals surface area contributed by atoms with E-state index in [4.69, 9.17) is 5.11 Å². The lowest BCUT2D eigenvalue weighted by Gasteiger charge is -2.32. The number of nitrogens with zero attached hydrogens (tertiary/aromatic N) is 2. The molecule has 1 aliphatic heterocycles. The minimum atomic E-state index is -1.20. The number of likely N-dealkylation sites (tertiary alicyclic amines) is 1. The number of carboxylic acids is 1. The predicted molar refractivity (Wildman–Crippen MR) is 100 cm³/mol. The number of hydrogen-bond donors (Lipinski definition) is 3. The second-order valence-electron chi connectivity index (χ2n) is 6.79. The van der Waals surface area contributed by atoms with Gasteiger partial charge in [0.25, 0.3) is 11.8 Å². The Morgan fingerprint density at radius 2 is 1.83 bits per heavy atom. The standard InChI is InChI=1S/C20H20FN3O5/c21-15-3-1-13(2-4-15)20(29)24-7-5-12(6-8-24)14-9-16(25)18(22-10-14)19(28)23-11-17(26)27/h1-4,9-10,12,25H,5-8,11H2,(H,23,28)(H,26,27). The minimum Gasteiger partial charge on any atom is -0.505 e. The Hall–Kier alpha value is -3.49. The van der Waals surface area contributed by atoms with Crippen LogP contribution in [0.3, 0.4) is 0 Å². The number of carboxylic acid groups (broad SMARTS) is 1. The molecule has 2 amide bonds. The van der Waals surface area contributed by atoms with E-state index in [1.54, 1.807) is 4.90 Å². The highest BCUT2D eigenvalue weighted by Gasteiger charge is 2.26. The fraction of sp³-hybridized carbons (Fsp3) is 0.300. The van der Waals surface area contributed by atoms with Crippen LogP contribution in [0.2, 0.25) is 0 Å². The first-order valence-corrected chi connectivity index (χ1v) is 9.09. The van der Waals surface area contributed by atoms with Gasteiger partial charge in [-0.2, -0.15) is 0 Å². The van der Waals surface area contributed by atoms with Crippen molar-refractivity contribution in [1.82, 2.24) is 15.2 Å². The van der Waals surface area contributed by atoms with Crippen LogP contribution in [0, 0.1) is 5.82 Å². The molecule has 0 unspecified atom stereocenters. The van der Waals surface area contributed by atoms with Gasteiger partial charge in [-0.05, 0) is 54.7 Å². The van der Waals surface area contributed by atoms with Gasteiger partial charge in [0.05, 0.1) is 0 Å². The van der Waals surface area contributed by atoms with Crippen LogP contribution in [0.4, 0.5) is 4.39 Å². The second-order valence-corrected chi connectivity index (χ2v) is 6.79. The zero-order valence-corrected chi connectivity index (χ0v) is 15.5. The summed E-state index contributed by atoms with van der Waals surface area (Å²) in [6.45, 7) is 0.438. The van der Waals surface area contributed by atoms with Gasteiger partial charge in [-0.3, -0.25) is 14.4 Å². The zero-order valence-electron chi connectivity index (χ0n) is 15.5. The molecule has 1 aliphatic rings.